The predicted molar refractivity (Wildman–Crippen MR) is 106 cm³/mol. The standard InChI is InChI=1S/C21H18ClN3O2/c1-14-16(22)9-5-10-17(14)25-21(27)19-12-6-11-18(24-19)20(26)23-13-15-7-3-2-4-8-15/h2-12H,13H2,1H3,(H,23,26)(H,25,27). The quantitative estimate of drug-likeness (QED) is 0.697. The third-order valence-electron chi connectivity index (χ3n) is 4.03. The Bertz CT molecular complexity index is 974. The van der Waals surface area contributed by atoms with Crippen LogP contribution >= 0.6 is 11.6 Å². The SMILES string of the molecule is Cc1c(Cl)cccc1NC(=O)c1cccc(C(=O)NCc2ccccc2)n1. The Labute approximate surface area is 162 Å². The predicted octanol–water partition coefficient (Wildman–Crippen LogP) is 4.23. The van der Waals surface area contributed by atoms with E-state index in [0.717, 1.165) is 11.1 Å². The minimum atomic E-state index is -0.405. The molecule has 1 heterocycles. The summed E-state index contributed by atoms with van der Waals surface area (Å²) in [6, 6.07) is 19.6. The maximum atomic E-state index is 12.5. The average Bonchev–Trinajstić information content (AvgIpc) is 2.70. The van der Waals surface area contributed by atoms with Gasteiger partial charge in [0.1, 0.15) is 11.4 Å². The van der Waals surface area contributed by atoms with Gasteiger partial charge in [0.05, 0.1) is 0 Å². The first-order valence-electron chi connectivity index (χ1n) is 8.40. The van der Waals surface area contributed by atoms with Crippen molar-refractivity contribution < 1.29 is 9.59 Å². The average molecular weight is 380 g/mol. The topological polar surface area (TPSA) is 71.1 Å². The number of hydrogen-bond acceptors (Lipinski definition) is 3. The van der Waals surface area contributed by atoms with E-state index in [4.69, 9.17) is 11.6 Å². The van der Waals surface area contributed by atoms with E-state index < -0.39 is 5.91 Å². The molecule has 2 N–H and O–H groups in total. The van der Waals surface area contributed by atoms with Crippen molar-refractivity contribution in [2.24, 2.45) is 0 Å². The third-order valence-corrected chi connectivity index (χ3v) is 4.44. The number of anilines is 1. The van der Waals surface area contributed by atoms with Gasteiger partial charge in [-0.05, 0) is 42.3 Å². The molecule has 0 bridgehead atoms. The molecule has 2 amide bonds. The molecule has 0 radical (unpaired) electrons. The monoisotopic (exact) mass is 379 g/mol. The molecule has 1 aromatic heterocycles. The lowest BCUT2D eigenvalue weighted by atomic mass is 10.2. The van der Waals surface area contributed by atoms with Crippen LogP contribution in [0.1, 0.15) is 32.1 Å². The highest BCUT2D eigenvalue weighted by Crippen LogP contribution is 2.23. The van der Waals surface area contributed by atoms with Crippen molar-refractivity contribution in [1.29, 1.82) is 0 Å². The second-order valence-corrected chi connectivity index (χ2v) is 6.35. The third kappa shape index (κ3) is 4.71. The Hall–Kier alpha value is -3.18. The molecule has 0 fully saturated rings. The summed E-state index contributed by atoms with van der Waals surface area (Å²) in [5.41, 5.74) is 2.69. The van der Waals surface area contributed by atoms with Gasteiger partial charge in [0.25, 0.3) is 11.8 Å². The highest BCUT2D eigenvalue weighted by molar-refractivity contribution is 6.31. The molecule has 2 aromatic carbocycles. The van der Waals surface area contributed by atoms with Crippen LogP contribution < -0.4 is 10.6 Å². The van der Waals surface area contributed by atoms with E-state index in [9.17, 15) is 9.59 Å². The molecule has 0 spiro atoms. The minimum absolute atomic E-state index is 0.154. The normalized spacial score (nSPS) is 10.3. The number of hydrogen-bond donors (Lipinski definition) is 2. The van der Waals surface area contributed by atoms with Crippen LogP contribution in [0.25, 0.3) is 0 Å². The molecule has 3 aromatic rings. The first-order valence-corrected chi connectivity index (χ1v) is 8.78. The van der Waals surface area contributed by atoms with E-state index in [-0.39, 0.29) is 17.3 Å². The number of nitrogens with zero attached hydrogens (tertiary/aromatic N) is 1. The van der Waals surface area contributed by atoms with Gasteiger partial charge in [-0.15, -0.1) is 0 Å². The first kappa shape index (κ1) is 18.6. The zero-order valence-corrected chi connectivity index (χ0v) is 15.5. The van der Waals surface area contributed by atoms with Gasteiger partial charge in [-0.2, -0.15) is 0 Å². The fourth-order valence-corrected chi connectivity index (χ4v) is 2.66. The van der Waals surface area contributed by atoms with Crippen LogP contribution in [0.5, 0.6) is 0 Å². The summed E-state index contributed by atoms with van der Waals surface area (Å²) in [5.74, 6) is -0.745. The van der Waals surface area contributed by atoms with Gasteiger partial charge in [-0.1, -0.05) is 54.1 Å². The second kappa shape index (κ2) is 8.47. The van der Waals surface area contributed by atoms with Crippen LogP contribution in [-0.4, -0.2) is 16.8 Å². The molecule has 0 aliphatic carbocycles. The number of nitrogens with one attached hydrogen (secondary N) is 2. The van der Waals surface area contributed by atoms with Gasteiger partial charge in [0.15, 0.2) is 0 Å². The smallest absolute Gasteiger partial charge is 0.274 e. The Kier molecular flexibility index (Phi) is 5.84. The Morgan fingerprint density at radius 3 is 2.30 bits per heavy atom. The number of benzene rings is 2. The molecule has 0 aliphatic rings. The van der Waals surface area contributed by atoms with Gasteiger partial charge in [0, 0.05) is 17.3 Å². The van der Waals surface area contributed by atoms with Crippen molar-refractivity contribution in [3.05, 3.63) is 94.3 Å². The van der Waals surface area contributed by atoms with Crippen LogP contribution in [0.15, 0.2) is 66.7 Å². The van der Waals surface area contributed by atoms with E-state index in [1.807, 2.05) is 37.3 Å². The minimum Gasteiger partial charge on any atom is -0.347 e. The summed E-state index contributed by atoms with van der Waals surface area (Å²) in [5, 5.41) is 6.14. The van der Waals surface area contributed by atoms with Gasteiger partial charge in [-0.25, -0.2) is 4.98 Å². The van der Waals surface area contributed by atoms with Crippen molar-refractivity contribution >= 4 is 29.1 Å². The van der Waals surface area contributed by atoms with Crippen LogP contribution in [0.3, 0.4) is 0 Å². The lowest BCUT2D eigenvalue weighted by Gasteiger charge is -2.10. The zero-order chi connectivity index (χ0) is 19.2. The highest BCUT2D eigenvalue weighted by atomic mass is 35.5. The molecule has 0 unspecified atom stereocenters. The van der Waals surface area contributed by atoms with Crippen molar-refractivity contribution in [3.8, 4) is 0 Å². The molecule has 136 valence electrons. The zero-order valence-electron chi connectivity index (χ0n) is 14.7. The van der Waals surface area contributed by atoms with Crippen LogP contribution in [0.4, 0.5) is 5.69 Å². The summed E-state index contributed by atoms with van der Waals surface area (Å²) in [6.45, 7) is 2.21. The van der Waals surface area contributed by atoms with Gasteiger partial charge in [0.2, 0.25) is 0 Å². The summed E-state index contributed by atoms with van der Waals surface area (Å²) in [7, 11) is 0. The fraction of sp³-hybridized carbons (Fsp3) is 0.0952. The lowest BCUT2D eigenvalue weighted by Crippen LogP contribution is -2.25. The Balaban J connectivity index is 1.70. The Morgan fingerprint density at radius 1 is 0.889 bits per heavy atom. The van der Waals surface area contributed by atoms with Gasteiger partial charge in [-0.3, -0.25) is 9.59 Å². The molecule has 27 heavy (non-hydrogen) atoms. The summed E-state index contributed by atoms with van der Waals surface area (Å²) < 4.78 is 0. The molecule has 0 aliphatic heterocycles. The van der Waals surface area contributed by atoms with Crippen molar-refractivity contribution in [3.63, 3.8) is 0 Å². The number of carbonyl (C=O) groups is 2. The molecule has 3 rings (SSSR count). The summed E-state index contributed by atoms with van der Waals surface area (Å²) in [4.78, 5) is 29.0. The molecule has 0 atom stereocenters. The molecule has 0 saturated carbocycles. The van der Waals surface area contributed by atoms with E-state index in [1.54, 1.807) is 36.4 Å². The fourth-order valence-electron chi connectivity index (χ4n) is 2.49. The van der Waals surface area contributed by atoms with Crippen molar-refractivity contribution in [2.45, 2.75) is 13.5 Å². The van der Waals surface area contributed by atoms with Crippen molar-refractivity contribution in [1.82, 2.24) is 10.3 Å². The maximum absolute atomic E-state index is 12.5. The number of halogens is 1. The number of amides is 2. The van der Waals surface area contributed by atoms with Crippen LogP contribution in [0, 0.1) is 6.92 Å². The molecule has 5 nitrogen and oxygen atoms in total. The maximum Gasteiger partial charge on any atom is 0.274 e. The number of rotatable bonds is 5. The highest BCUT2D eigenvalue weighted by Gasteiger charge is 2.14. The summed E-state index contributed by atoms with van der Waals surface area (Å²) in [6.07, 6.45) is 0. The van der Waals surface area contributed by atoms with E-state index in [1.165, 1.54) is 0 Å². The molecular formula is C21H18ClN3O2. The largest absolute Gasteiger partial charge is 0.347 e. The van der Waals surface area contributed by atoms with Crippen LogP contribution in [-0.2, 0) is 6.54 Å². The summed E-state index contributed by atoms with van der Waals surface area (Å²) >= 11 is 6.08. The van der Waals surface area contributed by atoms with Gasteiger partial charge >= 0.3 is 0 Å². The molecule has 0 saturated heterocycles. The molecular weight excluding hydrogens is 362 g/mol. The molecule has 6 heteroatoms. The lowest BCUT2D eigenvalue weighted by molar-refractivity contribution is 0.0945. The Morgan fingerprint density at radius 2 is 1.56 bits per heavy atom. The second-order valence-electron chi connectivity index (χ2n) is 5.94. The number of carbonyl (C=O) groups excluding carboxylic acids is 2. The van der Waals surface area contributed by atoms with E-state index in [0.29, 0.717) is 17.3 Å². The van der Waals surface area contributed by atoms with Crippen molar-refractivity contribution in [2.75, 3.05) is 5.32 Å². The van der Waals surface area contributed by atoms with E-state index >= 15 is 0 Å². The number of aromatic nitrogens is 1. The number of pyridine rings is 1. The first-order chi connectivity index (χ1) is 13.0. The van der Waals surface area contributed by atoms with Gasteiger partial charge < -0.3 is 10.6 Å². The van der Waals surface area contributed by atoms with E-state index in [2.05, 4.69) is 15.6 Å². The van der Waals surface area contributed by atoms with Crippen LogP contribution in [0.2, 0.25) is 5.02 Å².